The fourth-order valence-electron chi connectivity index (χ4n) is 2.73. The summed E-state index contributed by atoms with van der Waals surface area (Å²) in [5, 5.41) is 12.9. The fraction of sp³-hybridized carbons (Fsp3) is 0.533. The van der Waals surface area contributed by atoms with E-state index in [1.165, 1.54) is 32.8 Å². The molecule has 1 unspecified atom stereocenters. The molecule has 104 valence electrons. The van der Waals surface area contributed by atoms with Gasteiger partial charge in [0.15, 0.2) is 11.5 Å². The van der Waals surface area contributed by atoms with E-state index in [1.807, 2.05) is 6.92 Å². The van der Waals surface area contributed by atoms with Gasteiger partial charge in [0.2, 0.25) is 0 Å². The molecule has 0 saturated heterocycles. The molecule has 2 rings (SSSR count). The predicted octanol–water partition coefficient (Wildman–Crippen LogP) is 2.71. The number of para-hydroxylation sites is 1. The number of aromatic hydroxyl groups is 1. The van der Waals surface area contributed by atoms with E-state index in [4.69, 9.17) is 4.74 Å². The molecule has 1 saturated carbocycles. The average Bonchev–Trinajstić information content (AvgIpc) is 2.92. The Kier molecular flexibility index (Phi) is 4.30. The second-order valence-electron chi connectivity index (χ2n) is 5.16. The molecule has 1 amide bonds. The first-order valence-electron chi connectivity index (χ1n) is 6.80. The van der Waals surface area contributed by atoms with Gasteiger partial charge in [-0.1, -0.05) is 18.9 Å². The average molecular weight is 263 g/mol. The largest absolute Gasteiger partial charge is 0.504 e. The van der Waals surface area contributed by atoms with Gasteiger partial charge in [0.1, 0.15) is 0 Å². The third kappa shape index (κ3) is 3.00. The van der Waals surface area contributed by atoms with Crippen LogP contribution in [0.4, 0.5) is 0 Å². The van der Waals surface area contributed by atoms with Gasteiger partial charge < -0.3 is 15.2 Å². The molecule has 4 nitrogen and oxygen atoms in total. The predicted molar refractivity (Wildman–Crippen MR) is 73.5 cm³/mol. The van der Waals surface area contributed by atoms with Crippen LogP contribution in [0.2, 0.25) is 0 Å². The number of phenolic OH excluding ortho intramolecular Hbond substituents is 1. The summed E-state index contributed by atoms with van der Waals surface area (Å²) >= 11 is 0. The Bertz CT molecular complexity index is 453. The van der Waals surface area contributed by atoms with E-state index < -0.39 is 0 Å². The van der Waals surface area contributed by atoms with Crippen LogP contribution in [-0.2, 0) is 0 Å². The van der Waals surface area contributed by atoms with Gasteiger partial charge in [-0.2, -0.15) is 0 Å². The molecule has 1 atom stereocenters. The van der Waals surface area contributed by atoms with Gasteiger partial charge in [0.25, 0.3) is 5.91 Å². The highest BCUT2D eigenvalue weighted by Gasteiger charge is 2.24. The van der Waals surface area contributed by atoms with Crippen molar-refractivity contribution in [1.82, 2.24) is 5.32 Å². The van der Waals surface area contributed by atoms with Gasteiger partial charge in [-0.25, -0.2) is 0 Å². The van der Waals surface area contributed by atoms with Gasteiger partial charge >= 0.3 is 0 Å². The number of methoxy groups -OCH3 is 1. The minimum atomic E-state index is -0.240. The summed E-state index contributed by atoms with van der Waals surface area (Å²) in [5.41, 5.74) is 0.268. The first kappa shape index (κ1) is 13.7. The van der Waals surface area contributed by atoms with Gasteiger partial charge in [-0.15, -0.1) is 0 Å². The van der Waals surface area contributed by atoms with Crippen LogP contribution in [0.15, 0.2) is 18.2 Å². The zero-order valence-corrected chi connectivity index (χ0v) is 11.5. The Labute approximate surface area is 113 Å². The summed E-state index contributed by atoms with van der Waals surface area (Å²) in [7, 11) is 1.47. The normalized spacial score (nSPS) is 17.2. The lowest BCUT2D eigenvalue weighted by molar-refractivity contribution is 0.0924. The summed E-state index contributed by atoms with van der Waals surface area (Å²) in [5.74, 6) is 0.537. The molecule has 1 aromatic carbocycles. The molecule has 1 aliphatic rings. The number of carbonyl (C=O) groups excluding carboxylic acids is 1. The van der Waals surface area contributed by atoms with Crippen molar-refractivity contribution >= 4 is 5.91 Å². The number of ether oxygens (including phenoxy) is 1. The minimum absolute atomic E-state index is 0.0962. The van der Waals surface area contributed by atoms with Crippen molar-refractivity contribution in [1.29, 1.82) is 0 Å². The molecular weight excluding hydrogens is 242 g/mol. The van der Waals surface area contributed by atoms with Crippen molar-refractivity contribution in [3.05, 3.63) is 23.8 Å². The molecule has 19 heavy (non-hydrogen) atoms. The molecule has 4 heteroatoms. The minimum Gasteiger partial charge on any atom is -0.504 e. The lowest BCUT2D eigenvalue weighted by Gasteiger charge is -2.20. The quantitative estimate of drug-likeness (QED) is 0.878. The molecule has 0 spiro atoms. The van der Waals surface area contributed by atoms with Crippen molar-refractivity contribution in [2.45, 2.75) is 38.6 Å². The van der Waals surface area contributed by atoms with E-state index in [0.29, 0.717) is 11.7 Å². The summed E-state index contributed by atoms with van der Waals surface area (Å²) in [6.45, 7) is 2.03. The number of rotatable bonds is 4. The van der Waals surface area contributed by atoms with Gasteiger partial charge in [0.05, 0.1) is 12.7 Å². The number of carbonyl (C=O) groups is 1. The lowest BCUT2D eigenvalue weighted by Crippen LogP contribution is -2.37. The van der Waals surface area contributed by atoms with Gasteiger partial charge in [-0.05, 0) is 37.8 Å². The maximum atomic E-state index is 12.2. The molecule has 0 heterocycles. The zero-order chi connectivity index (χ0) is 13.8. The topological polar surface area (TPSA) is 58.6 Å². The summed E-state index contributed by atoms with van der Waals surface area (Å²) in [6.07, 6.45) is 4.83. The summed E-state index contributed by atoms with van der Waals surface area (Å²) in [6, 6.07) is 5.08. The van der Waals surface area contributed by atoms with Crippen molar-refractivity contribution in [2.75, 3.05) is 7.11 Å². The maximum Gasteiger partial charge on any atom is 0.255 e. The zero-order valence-electron chi connectivity index (χ0n) is 11.5. The Hall–Kier alpha value is -1.71. The van der Waals surface area contributed by atoms with E-state index in [-0.39, 0.29) is 23.3 Å². The van der Waals surface area contributed by atoms with E-state index >= 15 is 0 Å². The van der Waals surface area contributed by atoms with Crippen LogP contribution in [0.1, 0.15) is 43.0 Å². The third-order valence-electron chi connectivity index (χ3n) is 3.93. The molecule has 1 aromatic rings. The number of hydrogen-bond donors (Lipinski definition) is 2. The molecule has 0 bridgehead atoms. The summed E-state index contributed by atoms with van der Waals surface area (Å²) < 4.78 is 5.01. The van der Waals surface area contributed by atoms with Crippen LogP contribution in [0.3, 0.4) is 0 Å². The Balaban J connectivity index is 2.07. The second-order valence-corrected chi connectivity index (χ2v) is 5.16. The van der Waals surface area contributed by atoms with Gasteiger partial charge in [-0.3, -0.25) is 4.79 Å². The fourth-order valence-corrected chi connectivity index (χ4v) is 2.73. The highest BCUT2D eigenvalue weighted by Crippen LogP contribution is 2.30. The first-order valence-corrected chi connectivity index (χ1v) is 6.80. The molecule has 0 aliphatic heterocycles. The maximum absolute atomic E-state index is 12.2. The van der Waals surface area contributed by atoms with Crippen LogP contribution >= 0.6 is 0 Å². The first-order chi connectivity index (χ1) is 9.13. The standard InChI is InChI=1S/C15H21NO3/c1-10(11-6-3-4-7-11)16-15(18)12-8-5-9-13(19-2)14(12)17/h5,8-11,17H,3-4,6-7H2,1-2H3,(H,16,18). The molecule has 1 fully saturated rings. The van der Waals surface area contributed by atoms with Crippen LogP contribution in [0, 0.1) is 5.92 Å². The van der Waals surface area contributed by atoms with E-state index in [0.717, 1.165) is 0 Å². The monoisotopic (exact) mass is 263 g/mol. The Morgan fingerprint density at radius 1 is 1.42 bits per heavy atom. The molecular formula is C15H21NO3. The highest BCUT2D eigenvalue weighted by atomic mass is 16.5. The van der Waals surface area contributed by atoms with Crippen molar-refractivity contribution < 1.29 is 14.6 Å². The van der Waals surface area contributed by atoms with Gasteiger partial charge in [0, 0.05) is 6.04 Å². The van der Waals surface area contributed by atoms with Crippen LogP contribution in [0.5, 0.6) is 11.5 Å². The van der Waals surface area contributed by atoms with E-state index in [1.54, 1.807) is 18.2 Å². The molecule has 0 aromatic heterocycles. The third-order valence-corrected chi connectivity index (χ3v) is 3.93. The summed E-state index contributed by atoms with van der Waals surface area (Å²) in [4.78, 5) is 12.2. The Morgan fingerprint density at radius 2 is 2.11 bits per heavy atom. The van der Waals surface area contributed by atoms with E-state index in [2.05, 4.69) is 5.32 Å². The van der Waals surface area contributed by atoms with Crippen LogP contribution in [-0.4, -0.2) is 24.2 Å². The SMILES string of the molecule is COc1cccc(C(=O)NC(C)C2CCCC2)c1O. The number of hydrogen-bond acceptors (Lipinski definition) is 3. The second kappa shape index (κ2) is 5.95. The molecule has 0 radical (unpaired) electrons. The smallest absolute Gasteiger partial charge is 0.255 e. The van der Waals surface area contributed by atoms with Crippen molar-refractivity contribution in [3.63, 3.8) is 0 Å². The Morgan fingerprint density at radius 3 is 2.74 bits per heavy atom. The number of phenols is 1. The number of benzene rings is 1. The van der Waals surface area contributed by atoms with Crippen LogP contribution < -0.4 is 10.1 Å². The van der Waals surface area contributed by atoms with Crippen molar-refractivity contribution in [2.24, 2.45) is 5.92 Å². The van der Waals surface area contributed by atoms with Crippen molar-refractivity contribution in [3.8, 4) is 11.5 Å². The number of nitrogens with one attached hydrogen (secondary N) is 1. The number of amides is 1. The lowest BCUT2D eigenvalue weighted by atomic mass is 9.99. The highest BCUT2D eigenvalue weighted by molar-refractivity contribution is 5.97. The molecule has 2 N–H and O–H groups in total. The van der Waals surface area contributed by atoms with Crippen LogP contribution in [0.25, 0.3) is 0 Å². The molecule has 1 aliphatic carbocycles. The van der Waals surface area contributed by atoms with E-state index in [9.17, 15) is 9.90 Å².